The van der Waals surface area contributed by atoms with Crippen LogP contribution in [-0.4, -0.2) is 44.0 Å². The van der Waals surface area contributed by atoms with Crippen molar-refractivity contribution >= 4 is 57.8 Å². The van der Waals surface area contributed by atoms with Crippen LogP contribution < -0.4 is 20.7 Å². The summed E-state index contributed by atoms with van der Waals surface area (Å²) in [5, 5.41) is 28.5. The molecule has 4 aromatic rings. The Labute approximate surface area is 231 Å². The predicted molar refractivity (Wildman–Crippen MR) is 148 cm³/mol. The van der Waals surface area contributed by atoms with Crippen LogP contribution in [0.2, 0.25) is 10.0 Å². The predicted octanol–water partition coefficient (Wildman–Crippen LogP) is 4.99. The number of halogens is 2. The number of thiocarbonyl (C=S) groups is 1. The first-order valence-corrected chi connectivity index (χ1v) is 12.2. The van der Waals surface area contributed by atoms with Crippen LogP contribution in [0.5, 0.6) is 11.5 Å². The van der Waals surface area contributed by atoms with Crippen molar-refractivity contribution in [3.63, 3.8) is 0 Å². The molecule has 0 radical (unpaired) electrons. The van der Waals surface area contributed by atoms with E-state index in [0.717, 1.165) is 0 Å². The lowest BCUT2D eigenvalue weighted by molar-refractivity contribution is -0.384. The second kappa shape index (κ2) is 12.3. The van der Waals surface area contributed by atoms with E-state index < -0.39 is 10.8 Å². The van der Waals surface area contributed by atoms with Gasteiger partial charge in [-0.15, -0.1) is 5.10 Å². The first-order valence-electron chi connectivity index (χ1n) is 11.0. The molecule has 0 atom stereocenters. The molecule has 194 valence electrons. The van der Waals surface area contributed by atoms with Crippen LogP contribution in [0.1, 0.15) is 10.5 Å². The summed E-state index contributed by atoms with van der Waals surface area (Å²) >= 11 is 17.4. The monoisotopic (exact) mass is 571 g/mol. The molecular formula is C24H19Cl2N7O4S. The minimum absolute atomic E-state index is 0.0176. The van der Waals surface area contributed by atoms with Crippen molar-refractivity contribution in [1.29, 1.82) is 0 Å². The van der Waals surface area contributed by atoms with Crippen LogP contribution in [0.4, 0.5) is 11.4 Å². The van der Waals surface area contributed by atoms with Gasteiger partial charge in [-0.3, -0.25) is 14.9 Å². The summed E-state index contributed by atoms with van der Waals surface area (Å²) in [5.41, 5.74) is 1.23. The van der Waals surface area contributed by atoms with Gasteiger partial charge in [-0.05, 0) is 54.7 Å². The minimum Gasteiger partial charge on any atom is -0.454 e. The summed E-state index contributed by atoms with van der Waals surface area (Å²) < 4.78 is 7.37. The standard InChI is InChI=1S/C24H19Cl2N7O4S/c25-15-5-10-21(18(26)13-15)37-22-4-2-1-3-20(22)32-14-19(30-31-32)23(34)27-11-12-28-24(38)29-16-6-8-17(9-7-16)33(35)36/h1-10,13-14H,11-12H2,(H,27,34)(H2,28,29,38). The summed E-state index contributed by atoms with van der Waals surface area (Å²) in [6.07, 6.45) is 1.48. The quantitative estimate of drug-likeness (QED) is 0.110. The van der Waals surface area contributed by atoms with Crippen molar-refractivity contribution in [3.05, 3.63) is 98.8 Å². The molecule has 11 nitrogen and oxygen atoms in total. The maximum Gasteiger partial charge on any atom is 0.273 e. The molecule has 0 fully saturated rings. The van der Waals surface area contributed by atoms with E-state index in [-0.39, 0.29) is 17.9 Å². The number of hydrogen-bond donors (Lipinski definition) is 3. The maximum absolute atomic E-state index is 12.5. The number of anilines is 1. The number of rotatable bonds is 9. The SMILES string of the molecule is O=C(NCCNC(=S)Nc1ccc([N+](=O)[O-])cc1)c1cn(-c2ccccc2Oc2ccc(Cl)cc2Cl)nn1. The molecule has 4 rings (SSSR count). The van der Waals surface area contributed by atoms with Gasteiger partial charge in [-0.1, -0.05) is 40.5 Å². The van der Waals surface area contributed by atoms with Crippen molar-refractivity contribution in [3.8, 4) is 17.2 Å². The van der Waals surface area contributed by atoms with Gasteiger partial charge < -0.3 is 20.7 Å². The number of nitro benzene ring substituents is 1. The Hall–Kier alpha value is -4.26. The van der Waals surface area contributed by atoms with Gasteiger partial charge >= 0.3 is 0 Å². The molecule has 38 heavy (non-hydrogen) atoms. The number of benzene rings is 3. The second-order valence-electron chi connectivity index (χ2n) is 7.63. The van der Waals surface area contributed by atoms with E-state index in [1.807, 2.05) is 0 Å². The number of carbonyl (C=O) groups excluding carboxylic acids is 1. The Balaban J connectivity index is 1.30. The normalized spacial score (nSPS) is 10.5. The van der Waals surface area contributed by atoms with Crippen LogP contribution >= 0.6 is 35.4 Å². The third-order valence-electron chi connectivity index (χ3n) is 4.98. The fourth-order valence-electron chi connectivity index (χ4n) is 3.18. The van der Waals surface area contributed by atoms with Crippen LogP contribution in [0.3, 0.4) is 0 Å². The molecule has 0 saturated heterocycles. The molecule has 0 aliphatic carbocycles. The topological polar surface area (TPSA) is 136 Å². The van der Waals surface area contributed by atoms with Gasteiger partial charge in [0.15, 0.2) is 16.6 Å². The molecule has 1 aromatic heterocycles. The lowest BCUT2D eigenvalue weighted by Gasteiger charge is -2.12. The summed E-state index contributed by atoms with van der Waals surface area (Å²) in [6, 6.07) is 17.8. The summed E-state index contributed by atoms with van der Waals surface area (Å²) in [5.74, 6) is 0.438. The molecular weight excluding hydrogens is 553 g/mol. The zero-order valence-corrected chi connectivity index (χ0v) is 21.8. The van der Waals surface area contributed by atoms with E-state index in [0.29, 0.717) is 44.6 Å². The second-order valence-corrected chi connectivity index (χ2v) is 8.89. The van der Waals surface area contributed by atoms with Gasteiger partial charge in [0.05, 0.1) is 16.1 Å². The first kappa shape index (κ1) is 26.8. The third kappa shape index (κ3) is 6.94. The highest BCUT2D eigenvalue weighted by atomic mass is 35.5. The van der Waals surface area contributed by atoms with Gasteiger partial charge in [0.1, 0.15) is 11.4 Å². The molecule has 1 heterocycles. The molecule has 3 aromatic carbocycles. The molecule has 0 unspecified atom stereocenters. The van der Waals surface area contributed by atoms with Crippen molar-refractivity contribution in [2.24, 2.45) is 0 Å². The summed E-state index contributed by atoms with van der Waals surface area (Å²) in [6.45, 7) is 0.583. The molecule has 1 amide bonds. The van der Waals surface area contributed by atoms with Gasteiger partial charge in [0, 0.05) is 35.9 Å². The number of nitro groups is 1. The molecule has 3 N–H and O–H groups in total. The Kier molecular flexibility index (Phi) is 8.69. The number of carbonyl (C=O) groups is 1. The Morgan fingerprint density at radius 1 is 1.03 bits per heavy atom. The van der Waals surface area contributed by atoms with Gasteiger partial charge in [-0.2, -0.15) is 0 Å². The van der Waals surface area contributed by atoms with Crippen LogP contribution in [0.15, 0.2) is 72.9 Å². The summed E-state index contributed by atoms with van der Waals surface area (Å²) in [7, 11) is 0. The van der Waals surface area contributed by atoms with E-state index >= 15 is 0 Å². The molecule has 0 aliphatic rings. The van der Waals surface area contributed by atoms with E-state index in [1.54, 1.807) is 54.6 Å². The summed E-state index contributed by atoms with van der Waals surface area (Å²) in [4.78, 5) is 22.8. The van der Waals surface area contributed by atoms with Crippen molar-refractivity contribution in [1.82, 2.24) is 25.6 Å². The molecule has 0 bridgehead atoms. The van der Waals surface area contributed by atoms with Crippen LogP contribution in [-0.2, 0) is 0 Å². The molecule has 14 heteroatoms. The van der Waals surface area contributed by atoms with Gasteiger partial charge in [0.25, 0.3) is 11.6 Å². The average Bonchev–Trinajstić information content (AvgIpc) is 3.39. The highest BCUT2D eigenvalue weighted by Gasteiger charge is 2.15. The highest BCUT2D eigenvalue weighted by molar-refractivity contribution is 7.80. The largest absolute Gasteiger partial charge is 0.454 e. The Bertz CT molecular complexity index is 1480. The maximum atomic E-state index is 12.5. The molecule has 0 spiro atoms. The van der Waals surface area contributed by atoms with E-state index in [2.05, 4.69) is 26.3 Å². The zero-order chi connectivity index (χ0) is 27.1. The number of hydrogen-bond acceptors (Lipinski definition) is 7. The van der Waals surface area contributed by atoms with Gasteiger partial charge in [0.2, 0.25) is 0 Å². The van der Waals surface area contributed by atoms with E-state index in [1.165, 1.54) is 23.0 Å². The third-order valence-corrected chi connectivity index (χ3v) is 5.76. The lowest BCUT2D eigenvalue weighted by Crippen LogP contribution is -2.36. The van der Waals surface area contributed by atoms with E-state index in [4.69, 9.17) is 40.2 Å². The number of ether oxygens (including phenoxy) is 1. The van der Waals surface area contributed by atoms with Crippen LogP contribution in [0, 0.1) is 10.1 Å². The van der Waals surface area contributed by atoms with E-state index in [9.17, 15) is 14.9 Å². The zero-order valence-electron chi connectivity index (χ0n) is 19.4. The fraction of sp³-hybridized carbons (Fsp3) is 0.0833. The first-order chi connectivity index (χ1) is 18.3. The number of aromatic nitrogens is 3. The number of amides is 1. The Morgan fingerprint density at radius 2 is 1.76 bits per heavy atom. The Morgan fingerprint density at radius 3 is 2.50 bits per heavy atom. The van der Waals surface area contributed by atoms with Gasteiger partial charge in [-0.25, -0.2) is 4.68 Å². The number of nitrogens with zero attached hydrogens (tertiary/aromatic N) is 4. The van der Waals surface area contributed by atoms with Crippen molar-refractivity contribution in [2.75, 3.05) is 18.4 Å². The van der Waals surface area contributed by atoms with Crippen molar-refractivity contribution < 1.29 is 14.5 Å². The smallest absolute Gasteiger partial charge is 0.273 e. The van der Waals surface area contributed by atoms with Crippen LogP contribution in [0.25, 0.3) is 5.69 Å². The lowest BCUT2D eigenvalue weighted by atomic mass is 10.3. The minimum atomic E-state index is -0.481. The molecule has 0 saturated carbocycles. The number of nitrogens with one attached hydrogen (secondary N) is 3. The molecule has 0 aliphatic heterocycles. The average molecular weight is 572 g/mol. The fourth-order valence-corrected chi connectivity index (χ4v) is 3.85. The highest BCUT2D eigenvalue weighted by Crippen LogP contribution is 2.34. The number of para-hydroxylation sites is 2. The van der Waals surface area contributed by atoms with Crippen molar-refractivity contribution in [2.45, 2.75) is 0 Å². The number of non-ortho nitro benzene ring substituents is 1.